The summed E-state index contributed by atoms with van der Waals surface area (Å²) < 4.78 is 0. The summed E-state index contributed by atoms with van der Waals surface area (Å²) in [5.41, 5.74) is 1.05. The summed E-state index contributed by atoms with van der Waals surface area (Å²) in [6.07, 6.45) is 3.48. The van der Waals surface area contributed by atoms with E-state index in [1.807, 2.05) is 19.1 Å². The van der Waals surface area contributed by atoms with Crippen molar-refractivity contribution in [2.24, 2.45) is 0 Å². The van der Waals surface area contributed by atoms with E-state index in [2.05, 4.69) is 10.3 Å². The first-order valence-corrected chi connectivity index (χ1v) is 5.82. The van der Waals surface area contributed by atoms with Crippen LogP contribution in [0, 0.1) is 6.92 Å². The molecule has 2 amide bonds. The van der Waals surface area contributed by atoms with Crippen molar-refractivity contribution in [2.75, 3.05) is 18.5 Å². The fraction of sp³-hybridized carbons (Fsp3) is 0.500. The molecule has 1 aromatic heterocycles. The molecular weight excluding hydrogens is 218 g/mol. The van der Waals surface area contributed by atoms with Gasteiger partial charge >= 0.3 is 6.03 Å². The molecular formula is C12H17N3O2. The Morgan fingerprint density at radius 3 is 3.24 bits per heavy atom. The summed E-state index contributed by atoms with van der Waals surface area (Å²) in [7, 11) is 0. The van der Waals surface area contributed by atoms with Crippen LogP contribution in [0.5, 0.6) is 0 Å². The molecule has 1 aliphatic rings. The van der Waals surface area contributed by atoms with E-state index in [0.717, 1.165) is 18.4 Å². The number of pyridine rings is 1. The standard InChI is InChI=1S/C12H17N3O2/c1-9-4-5-13-11(7-9)14-12(17)15-6-2-3-10(15)8-16/h4-5,7,10,16H,2-3,6,8H2,1H3,(H,13,14,17)/t10-/m0/s1. The van der Waals surface area contributed by atoms with Crippen LogP contribution in [0.1, 0.15) is 18.4 Å². The number of rotatable bonds is 2. The first-order chi connectivity index (χ1) is 8.20. The molecule has 1 aliphatic heterocycles. The van der Waals surface area contributed by atoms with Gasteiger partial charge in [-0.15, -0.1) is 0 Å². The minimum Gasteiger partial charge on any atom is -0.394 e. The Morgan fingerprint density at radius 2 is 2.53 bits per heavy atom. The number of aliphatic hydroxyl groups is 1. The second kappa shape index (κ2) is 5.14. The Kier molecular flexibility index (Phi) is 3.58. The molecule has 0 saturated carbocycles. The van der Waals surface area contributed by atoms with Crippen LogP contribution in [0.4, 0.5) is 10.6 Å². The van der Waals surface area contributed by atoms with Crippen molar-refractivity contribution in [3.05, 3.63) is 23.9 Å². The smallest absolute Gasteiger partial charge is 0.323 e. The predicted molar refractivity (Wildman–Crippen MR) is 64.8 cm³/mol. The van der Waals surface area contributed by atoms with E-state index < -0.39 is 0 Å². The van der Waals surface area contributed by atoms with Gasteiger partial charge in [0, 0.05) is 12.7 Å². The van der Waals surface area contributed by atoms with Crippen LogP contribution >= 0.6 is 0 Å². The van der Waals surface area contributed by atoms with Gasteiger partial charge in [-0.3, -0.25) is 5.32 Å². The van der Waals surface area contributed by atoms with E-state index in [1.54, 1.807) is 11.1 Å². The summed E-state index contributed by atoms with van der Waals surface area (Å²) in [4.78, 5) is 17.7. The Hall–Kier alpha value is -1.62. The second-order valence-corrected chi connectivity index (χ2v) is 4.32. The first kappa shape index (κ1) is 11.9. The molecule has 2 rings (SSSR count). The van der Waals surface area contributed by atoms with Gasteiger partial charge in [-0.25, -0.2) is 9.78 Å². The number of urea groups is 1. The van der Waals surface area contributed by atoms with Gasteiger partial charge in [-0.2, -0.15) is 0 Å². The minimum absolute atomic E-state index is 0.0225. The fourth-order valence-electron chi connectivity index (χ4n) is 2.08. The lowest BCUT2D eigenvalue weighted by atomic mass is 10.2. The van der Waals surface area contributed by atoms with Crippen molar-refractivity contribution in [2.45, 2.75) is 25.8 Å². The second-order valence-electron chi connectivity index (χ2n) is 4.32. The number of nitrogens with one attached hydrogen (secondary N) is 1. The molecule has 2 N–H and O–H groups in total. The van der Waals surface area contributed by atoms with E-state index in [9.17, 15) is 4.79 Å². The normalized spacial score (nSPS) is 19.4. The molecule has 0 aliphatic carbocycles. The van der Waals surface area contributed by atoms with Gasteiger partial charge in [0.15, 0.2) is 0 Å². The lowest BCUT2D eigenvalue weighted by Gasteiger charge is -2.23. The molecule has 0 radical (unpaired) electrons. The molecule has 5 nitrogen and oxygen atoms in total. The van der Waals surface area contributed by atoms with Crippen LogP contribution in [0.3, 0.4) is 0 Å². The van der Waals surface area contributed by atoms with E-state index in [-0.39, 0.29) is 18.7 Å². The first-order valence-electron chi connectivity index (χ1n) is 5.82. The Labute approximate surface area is 100 Å². The molecule has 17 heavy (non-hydrogen) atoms. The summed E-state index contributed by atoms with van der Waals surface area (Å²) in [5.74, 6) is 0.554. The number of aromatic nitrogens is 1. The van der Waals surface area contributed by atoms with Gasteiger partial charge in [0.1, 0.15) is 5.82 Å². The highest BCUT2D eigenvalue weighted by Gasteiger charge is 2.28. The van der Waals surface area contributed by atoms with Crippen LogP contribution in [0.15, 0.2) is 18.3 Å². The lowest BCUT2D eigenvalue weighted by molar-refractivity contribution is 0.166. The van der Waals surface area contributed by atoms with Gasteiger partial charge in [-0.1, -0.05) is 0 Å². The molecule has 1 saturated heterocycles. The maximum absolute atomic E-state index is 12.0. The molecule has 1 aromatic rings. The van der Waals surface area contributed by atoms with Crippen LogP contribution in [-0.4, -0.2) is 40.2 Å². The number of likely N-dealkylation sites (tertiary alicyclic amines) is 1. The molecule has 0 aromatic carbocycles. The third kappa shape index (κ3) is 2.74. The largest absolute Gasteiger partial charge is 0.394 e. The van der Waals surface area contributed by atoms with E-state index >= 15 is 0 Å². The number of amides is 2. The zero-order chi connectivity index (χ0) is 12.3. The van der Waals surface area contributed by atoms with Crippen LogP contribution < -0.4 is 5.32 Å². The highest BCUT2D eigenvalue weighted by molar-refractivity contribution is 5.88. The monoisotopic (exact) mass is 235 g/mol. The lowest BCUT2D eigenvalue weighted by Crippen LogP contribution is -2.40. The summed E-state index contributed by atoms with van der Waals surface area (Å²) >= 11 is 0. The van der Waals surface area contributed by atoms with E-state index in [0.29, 0.717) is 12.4 Å². The third-order valence-corrected chi connectivity index (χ3v) is 3.00. The highest BCUT2D eigenvalue weighted by atomic mass is 16.3. The molecule has 2 heterocycles. The van der Waals surface area contributed by atoms with Crippen molar-refractivity contribution in [1.29, 1.82) is 0 Å². The average molecular weight is 235 g/mol. The topological polar surface area (TPSA) is 65.5 Å². The fourth-order valence-corrected chi connectivity index (χ4v) is 2.08. The average Bonchev–Trinajstić information content (AvgIpc) is 2.77. The predicted octanol–water partition coefficient (Wildman–Crippen LogP) is 1.38. The molecule has 0 spiro atoms. The zero-order valence-corrected chi connectivity index (χ0v) is 9.89. The minimum atomic E-state index is -0.181. The summed E-state index contributed by atoms with van der Waals surface area (Å²) in [6, 6.07) is 3.46. The van der Waals surface area contributed by atoms with Crippen molar-refractivity contribution < 1.29 is 9.90 Å². The Morgan fingerprint density at radius 1 is 1.71 bits per heavy atom. The van der Waals surface area contributed by atoms with Gasteiger partial charge in [0.05, 0.1) is 12.6 Å². The van der Waals surface area contributed by atoms with E-state index in [4.69, 9.17) is 5.11 Å². The van der Waals surface area contributed by atoms with Crippen molar-refractivity contribution in [3.63, 3.8) is 0 Å². The van der Waals surface area contributed by atoms with E-state index in [1.165, 1.54) is 0 Å². The maximum atomic E-state index is 12.0. The zero-order valence-electron chi connectivity index (χ0n) is 9.89. The number of hydrogen-bond acceptors (Lipinski definition) is 3. The van der Waals surface area contributed by atoms with Gasteiger partial charge in [0.2, 0.25) is 0 Å². The SMILES string of the molecule is Cc1ccnc(NC(=O)N2CCC[C@H]2CO)c1. The van der Waals surface area contributed by atoms with Gasteiger partial charge in [-0.05, 0) is 37.5 Å². The third-order valence-electron chi connectivity index (χ3n) is 3.00. The Balaban J connectivity index is 2.01. The number of anilines is 1. The summed E-state index contributed by atoms with van der Waals surface area (Å²) in [5, 5.41) is 11.9. The number of aliphatic hydroxyl groups excluding tert-OH is 1. The van der Waals surface area contributed by atoms with Gasteiger partial charge < -0.3 is 10.0 Å². The van der Waals surface area contributed by atoms with Gasteiger partial charge in [0.25, 0.3) is 0 Å². The van der Waals surface area contributed by atoms with Crippen LogP contribution in [0.25, 0.3) is 0 Å². The quantitative estimate of drug-likeness (QED) is 0.813. The van der Waals surface area contributed by atoms with Crippen molar-refractivity contribution in [1.82, 2.24) is 9.88 Å². The molecule has 0 unspecified atom stereocenters. The Bertz CT molecular complexity index is 408. The van der Waals surface area contributed by atoms with Crippen LogP contribution in [0.2, 0.25) is 0 Å². The summed E-state index contributed by atoms with van der Waals surface area (Å²) in [6.45, 7) is 2.67. The molecule has 0 bridgehead atoms. The van der Waals surface area contributed by atoms with Crippen molar-refractivity contribution in [3.8, 4) is 0 Å². The molecule has 5 heteroatoms. The maximum Gasteiger partial charge on any atom is 0.323 e. The highest BCUT2D eigenvalue weighted by Crippen LogP contribution is 2.18. The van der Waals surface area contributed by atoms with Crippen molar-refractivity contribution >= 4 is 11.8 Å². The molecule has 92 valence electrons. The number of hydrogen-bond donors (Lipinski definition) is 2. The number of nitrogens with zero attached hydrogens (tertiary/aromatic N) is 2. The number of aryl methyl sites for hydroxylation is 1. The number of carbonyl (C=O) groups is 1. The number of carbonyl (C=O) groups excluding carboxylic acids is 1. The molecule has 1 atom stereocenters. The molecule has 1 fully saturated rings. The van der Waals surface area contributed by atoms with Crippen LogP contribution in [-0.2, 0) is 0 Å².